The molecular weight excluding hydrogens is 216 g/mol. The molecule has 0 heterocycles. The van der Waals surface area contributed by atoms with Crippen LogP contribution in [0, 0.1) is 0 Å². The highest BCUT2D eigenvalue weighted by atomic mass is 16.4. The molecule has 4 N–H and O–H groups in total. The molecule has 1 aromatic rings. The molecule has 1 rings (SSSR count). The standard InChI is InChI=1S/C13H20N2O2/c1-9(10-7-5-4-6-8-10)15-11(12(16)17)13(2,3)14/h4-9,11,15H,14H2,1-3H3,(H,16,17)/t9-,11+/m0/s1. The van der Waals surface area contributed by atoms with E-state index >= 15 is 0 Å². The first kappa shape index (κ1) is 13.7. The third-order valence-corrected chi connectivity index (χ3v) is 2.71. The molecule has 2 atom stereocenters. The number of hydrogen-bond donors (Lipinski definition) is 3. The highest BCUT2D eigenvalue weighted by molar-refractivity contribution is 5.75. The number of rotatable bonds is 5. The van der Waals surface area contributed by atoms with Crippen LogP contribution in [0.3, 0.4) is 0 Å². The highest BCUT2D eigenvalue weighted by Crippen LogP contribution is 2.15. The fourth-order valence-corrected chi connectivity index (χ4v) is 1.69. The molecule has 0 amide bonds. The predicted molar refractivity (Wildman–Crippen MR) is 67.7 cm³/mol. The van der Waals surface area contributed by atoms with Crippen molar-refractivity contribution >= 4 is 5.97 Å². The van der Waals surface area contributed by atoms with Crippen molar-refractivity contribution in [2.45, 2.75) is 38.4 Å². The Balaban J connectivity index is 2.79. The number of carbonyl (C=O) groups is 1. The van der Waals surface area contributed by atoms with Crippen LogP contribution < -0.4 is 11.1 Å². The van der Waals surface area contributed by atoms with Crippen molar-refractivity contribution in [3.05, 3.63) is 35.9 Å². The smallest absolute Gasteiger partial charge is 0.322 e. The van der Waals surface area contributed by atoms with E-state index in [0.717, 1.165) is 5.56 Å². The number of carboxylic acids is 1. The normalized spacial score (nSPS) is 15.3. The highest BCUT2D eigenvalue weighted by Gasteiger charge is 2.32. The molecular formula is C13H20N2O2. The average Bonchev–Trinajstić information content (AvgIpc) is 2.24. The molecule has 0 saturated heterocycles. The zero-order valence-electron chi connectivity index (χ0n) is 10.5. The first-order valence-corrected chi connectivity index (χ1v) is 5.65. The van der Waals surface area contributed by atoms with Crippen LogP contribution >= 0.6 is 0 Å². The molecule has 4 heteroatoms. The lowest BCUT2D eigenvalue weighted by Crippen LogP contribution is -2.57. The van der Waals surface area contributed by atoms with Gasteiger partial charge in [-0.3, -0.25) is 10.1 Å². The van der Waals surface area contributed by atoms with E-state index in [-0.39, 0.29) is 6.04 Å². The first-order chi connectivity index (χ1) is 7.82. The molecule has 0 aliphatic heterocycles. The van der Waals surface area contributed by atoms with Gasteiger partial charge in [-0.15, -0.1) is 0 Å². The Morgan fingerprint density at radius 1 is 1.35 bits per heavy atom. The van der Waals surface area contributed by atoms with E-state index in [1.807, 2.05) is 37.3 Å². The van der Waals surface area contributed by atoms with Crippen molar-refractivity contribution < 1.29 is 9.90 Å². The van der Waals surface area contributed by atoms with E-state index in [0.29, 0.717) is 0 Å². The minimum absolute atomic E-state index is 0.0554. The summed E-state index contributed by atoms with van der Waals surface area (Å²) in [6, 6.07) is 8.86. The maximum absolute atomic E-state index is 11.2. The van der Waals surface area contributed by atoms with E-state index in [1.165, 1.54) is 0 Å². The lowest BCUT2D eigenvalue weighted by Gasteiger charge is -2.30. The van der Waals surface area contributed by atoms with Crippen molar-refractivity contribution in [3.63, 3.8) is 0 Å². The third kappa shape index (κ3) is 3.84. The van der Waals surface area contributed by atoms with Crippen molar-refractivity contribution in [2.75, 3.05) is 0 Å². The number of nitrogens with one attached hydrogen (secondary N) is 1. The fourth-order valence-electron chi connectivity index (χ4n) is 1.69. The van der Waals surface area contributed by atoms with Crippen molar-refractivity contribution in [1.29, 1.82) is 0 Å². The fraction of sp³-hybridized carbons (Fsp3) is 0.462. The minimum Gasteiger partial charge on any atom is -0.480 e. The molecule has 0 saturated carbocycles. The summed E-state index contributed by atoms with van der Waals surface area (Å²) in [5, 5.41) is 12.2. The van der Waals surface area contributed by atoms with Gasteiger partial charge in [-0.25, -0.2) is 0 Å². The van der Waals surface area contributed by atoms with Gasteiger partial charge in [-0.2, -0.15) is 0 Å². The van der Waals surface area contributed by atoms with Gasteiger partial charge in [-0.05, 0) is 26.3 Å². The Kier molecular flexibility index (Phi) is 4.26. The average molecular weight is 236 g/mol. The summed E-state index contributed by atoms with van der Waals surface area (Å²) in [6.07, 6.45) is 0. The second-order valence-electron chi connectivity index (χ2n) is 4.89. The summed E-state index contributed by atoms with van der Waals surface area (Å²) < 4.78 is 0. The van der Waals surface area contributed by atoms with E-state index < -0.39 is 17.6 Å². The maximum atomic E-state index is 11.2. The summed E-state index contributed by atoms with van der Waals surface area (Å²) in [7, 11) is 0. The van der Waals surface area contributed by atoms with Gasteiger partial charge in [0.1, 0.15) is 6.04 Å². The Labute approximate surface area is 102 Å². The number of benzene rings is 1. The van der Waals surface area contributed by atoms with E-state index in [1.54, 1.807) is 13.8 Å². The molecule has 0 radical (unpaired) electrons. The summed E-state index contributed by atoms with van der Waals surface area (Å²) in [5.74, 6) is -0.930. The second-order valence-corrected chi connectivity index (χ2v) is 4.89. The molecule has 4 nitrogen and oxygen atoms in total. The van der Waals surface area contributed by atoms with Gasteiger partial charge < -0.3 is 10.8 Å². The van der Waals surface area contributed by atoms with Crippen molar-refractivity contribution in [3.8, 4) is 0 Å². The van der Waals surface area contributed by atoms with Crippen LogP contribution in [0.2, 0.25) is 0 Å². The van der Waals surface area contributed by atoms with Crippen LogP contribution in [0.5, 0.6) is 0 Å². The van der Waals surface area contributed by atoms with Gasteiger partial charge in [0, 0.05) is 11.6 Å². The summed E-state index contributed by atoms with van der Waals surface area (Å²) in [6.45, 7) is 5.34. The number of nitrogens with two attached hydrogens (primary N) is 1. The summed E-state index contributed by atoms with van der Waals surface area (Å²) in [5.41, 5.74) is 6.10. The minimum atomic E-state index is -0.930. The molecule has 0 unspecified atom stereocenters. The van der Waals surface area contributed by atoms with Crippen molar-refractivity contribution in [2.24, 2.45) is 5.73 Å². The van der Waals surface area contributed by atoms with E-state index in [2.05, 4.69) is 5.32 Å². The van der Waals surface area contributed by atoms with Gasteiger partial charge in [-0.1, -0.05) is 30.3 Å². The molecule has 0 bridgehead atoms. The largest absolute Gasteiger partial charge is 0.480 e. The number of carboxylic acid groups (broad SMARTS) is 1. The van der Waals surface area contributed by atoms with Crippen molar-refractivity contribution in [1.82, 2.24) is 5.32 Å². The van der Waals surface area contributed by atoms with Gasteiger partial charge in [0.05, 0.1) is 0 Å². The Bertz CT molecular complexity index is 371. The van der Waals surface area contributed by atoms with E-state index in [4.69, 9.17) is 10.8 Å². The zero-order chi connectivity index (χ0) is 13.1. The molecule has 1 aromatic carbocycles. The molecule has 0 aliphatic carbocycles. The Hall–Kier alpha value is -1.39. The number of hydrogen-bond acceptors (Lipinski definition) is 3. The van der Waals surface area contributed by atoms with Crippen LogP contribution in [-0.4, -0.2) is 22.7 Å². The van der Waals surface area contributed by atoms with Crippen LogP contribution in [0.15, 0.2) is 30.3 Å². The van der Waals surface area contributed by atoms with Crippen LogP contribution in [0.1, 0.15) is 32.4 Å². The molecule has 17 heavy (non-hydrogen) atoms. The van der Waals surface area contributed by atoms with Crippen LogP contribution in [0.25, 0.3) is 0 Å². The molecule has 0 aromatic heterocycles. The summed E-state index contributed by atoms with van der Waals surface area (Å²) in [4.78, 5) is 11.2. The van der Waals surface area contributed by atoms with Gasteiger partial charge >= 0.3 is 5.97 Å². The lowest BCUT2D eigenvalue weighted by molar-refractivity contribution is -0.141. The Morgan fingerprint density at radius 3 is 2.29 bits per heavy atom. The topological polar surface area (TPSA) is 75.3 Å². The lowest BCUT2D eigenvalue weighted by atomic mass is 9.94. The van der Waals surface area contributed by atoms with Gasteiger partial charge in [0.2, 0.25) is 0 Å². The SMILES string of the molecule is C[C@H](N[C@H](C(=O)O)C(C)(C)N)c1ccccc1. The predicted octanol–water partition coefficient (Wildman–Crippen LogP) is 1.53. The Morgan fingerprint density at radius 2 is 1.88 bits per heavy atom. The van der Waals surface area contributed by atoms with E-state index in [9.17, 15) is 4.79 Å². The quantitative estimate of drug-likeness (QED) is 0.724. The third-order valence-electron chi connectivity index (χ3n) is 2.71. The monoisotopic (exact) mass is 236 g/mol. The molecule has 0 aliphatic rings. The van der Waals surface area contributed by atoms with Crippen LogP contribution in [-0.2, 0) is 4.79 Å². The second kappa shape index (κ2) is 5.29. The maximum Gasteiger partial charge on any atom is 0.322 e. The molecule has 94 valence electrons. The van der Waals surface area contributed by atoms with Gasteiger partial charge in [0.15, 0.2) is 0 Å². The van der Waals surface area contributed by atoms with Gasteiger partial charge in [0.25, 0.3) is 0 Å². The molecule has 0 fully saturated rings. The number of aliphatic carboxylic acids is 1. The zero-order valence-corrected chi connectivity index (χ0v) is 10.5. The van der Waals surface area contributed by atoms with Crippen LogP contribution in [0.4, 0.5) is 0 Å². The summed E-state index contributed by atoms with van der Waals surface area (Å²) >= 11 is 0. The first-order valence-electron chi connectivity index (χ1n) is 5.65. The molecule has 0 spiro atoms.